The van der Waals surface area contributed by atoms with Crippen molar-refractivity contribution in [1.29, 1.82) is 0 Å². The van der Waals surface area contributed by atoms with Crippen LogP contribution in [0.25, 0.3) is 0 Å². The Balaban J connectivity index is 0.00000342. The zero-order valence-corrected chi connectivity index (χ0v) is 22.6. The van der Waals surface area contributed by atoms with Crippen LogP contribution in [0.15, 0.2) is 71.3 Å². The molecule has 0 bridgehead atoms. The summed E-state index contributed by atoms with van der Waals surface area (Å²) in [5.74, 6) is 2.32. The van der Waals surface area contributed by atoms with Crippen LogP contribution in [0.1, 0.15) is 62.2 Å². The van der Waals surface area contributed by atoms with Gasteiger partial charge in [0.05, 0.1) is 33.4 Å². The standard InChI is InChI=1S/C29H39N2O3.BrH/c1-31(2,20-12-13-21-33-26-18-10-5-11-19-26)23-27-22-30-28(34-27)29(32,24-14-6-3-7-15-24)25-16-8-4-9-17-25;/h3,5-7,10-11,14-15,18-19,22,25,32H,4,8-9,12-13,16-17,20-21,23H2,1-2H3;1H/q+1;/p-1. The molecular weight excluding hydrogens is 504 g/mol. The minimum atomic E-state index is -1.17. The zero-order chi connectivity index (χ0) is 23.9. The van der Waals surface area contributed by atoms with E-state index in [4.69, 9.17) is 9.15 Å². The zero-order valence-electron chi connectivity index (χ0n) is 21.0. The van der Waals surface area contributed by atoms with Crippen LogP contribution in [0, 0.1) is 5.92 Å². The fourth-order valence-corrected chi connectivity index (χ4v) is 5.15. The SMILES string of the molecule is C[N+](C)(CCCCOc1ccccc1)Cc1cnc(C(O)(c2ccccc2)C2CCCCC2)o1.[Br-]. The van der Waals surface area contributed by atoms with Crippen LogP contribution >= 0.6 is 0 Å². The number of hydrogen-bond acceptors (Lipinski definition) is 4. The maximum absolute atomic E-state index is 12.0. The Labute approximate surface area is 220 Å². The van der Waals surface area contributed by atoms with Crippen molar-refractivity contribution in [2.45, 2.75) is 57.1 Å². The number of aliphatic hydroxyl groups is 1. The number of unbranched alkanes of at least 4 members (excludes halogenated alkanes) is 1. The molecule has 1 fully saturated rings. The van der Waals surface area contributed by atoms with Crippen molar-refractivity contribution >= 4 is 0 Å². The van der Waals surface area contributed by atoms with Gasteiger partial charge < -0.3 is 35.7 Å². The fraction of sp³-hybridized carbons (Fsp3) is 0.483. The second kappa shape index (κ2) is 12.7. The van der Waals surface area contributed by atoms with E-state index in [1.165, 1.54) is 6.42 Å². The number of quaternary nitrogens is 1. The lowest BCUT2D eigenvalue weighted by Gasteiger charge is -2.36. The van der Waals surface area contributed by atoms with Crippen molar-refractivity contribution in [2.75, 3.05) is 27.2 Å². The van der Waals surface area contributed by atoms with Gasteiger partial charge in [-0.15, -0.1) is 0 Å². The molecule has 0 radical (unpaired) electrons. The number of hydrogen-bond donors (Lipinski definition) is 1. The molecule has 1 aliphatic rings. The third kappa shape index (κ3) is 7.18. The highest BCUT2D eigenvalue weighted by Gasteiger charge is 2.44. The van der Waals surface area contributed by atoms with E-state index in [1.807, 2.05) is 66.9 Å². The first-order chi connectivity index (χ1) is 16.5. The molecule has 5 nitrogen and oxygen atoms in total. The molecule has 35 heavy (non-hydrogen) atoms. The average molecular weight is 544 g/mol. The number of ether oxygens (including phenoxy) is 1. The van der Waals surface area contributed by atoms with Gasteiger partial charge in [0.2, 0.25) is 5.89 Å². The van der Waals surface area contributed by atoms with Crippen LogP contribution in [0.2, 0.25) is 0 Å². The van der Waals surface area contributed by atoms with E-state index < -0.39 is 5.60 Å². The second-order valence-electron chi connectivity index (χ2n) is 10.3. The number of rotatable bonds is 11. The third-order valence-electron chi connectivity index (χ3n) is 7.04. The molecule has 6 heteroatoms. The third-order valence-corrected chi connectivity index (χ3v) is 7.04. The molecule has 1 aromatic heterocycles. The maximum Gasteiger partial charge on any atom is 0.231 e. The molecule has 0 amide bonds. The molecular formula is C29H39BrN2O3. The molecule has 1 unspecified atom stereocenters. The Morgan fingerprint density at radius 1 is 0.971 bits per heavy atom. The summed E-state index contributed by atoms with van der Waals surface area (Å²) < 4.78 is 12.9. The van der Waals surface area contributed by atoms with Gasteiger partial charge in [0.25, 0.3) is 0 Å². The number of oxazole rings is 1. The number of benzene rings is 2. The maximum atomic E-state index is 12.0. The topological polar surface area (TPSA) is 55.5 Å². The van der Waals surface area contributed by atoms with Crippen LogP contribution in [-0.2, 0) is 12.1 Å². The lowest BCUT2D eigenvalue weighted by atomic mass is 9.73. The van der Waals surface area contributed by atoms with Crippen LogP contribution < -0.4 is 21.7 Å². The van der Waals surface area contributed by atoms with Crippen molar-refractivity contribution in [1.82, 2.24) is 4.98 Å². The molecule has 4 rings (SSSR count). The Bertz CT molecular complexity index is 1000. The highest BCUT2D eigenvalue weighted by molar-refractivity contribution is 5.30. The number of nitrogens with zero attached hydrogens (tertiary/aromatic N) is 2. The molecule has 3 aromatic rings. The largest absolute Gasteiger partial charge is 1.00 e. The summed E-state index contributed by atoms with van der Waals surface area (Å²) in [5, 5.41) is 12.0. The summed E-state index contributed by atoms with van der Waals surface area (Å²) in [4.78, 5) is 4.62. The van der Waals surface area contributed by atoms with Crippen molar-refractivity contribution in [2.24, 2.45) is 5.92 Å². The Hall–Kier alpha value is -2.15. The van der Waals surface area contributed by atoms with Crippen molar-refractivity contribution in [3.05, 3.63) is 84.1 Å². The summed E-state index contributed by atoms with van der Waals surface area (Å²) in [5.41, 5.74) is -0.297. The van der Waals surface area contributed by atoms with E-state index in [1.54, 1.807) is 0 Å². The Kier molecular flexibility index (Phi) is 9.96. The van der Waals surface area contributed by atoms with Crippen LogP contribution in [0.4, 0.5) is 0 Å². The smallest absolute Gasteiger partial charge is 0.231 e. The molecule has 1 N–H and O–H groups in total. The summed E-state index contributed by atoms with van der Waals surface area (Å²) in [6.45, 7) is 2.48. The first-order valence-corrected chi connectivity index (χ1v) is 12.7. The van der Waals surface area contributed by atoms with Crippen molar-refractivity contribution in [3.8, 4) is 5.75 Å². The minimum Gasteiger partial charge on any atom is -1.00 e. The predicted molar refractivity (Wildman–Crippen MR) is 134 cm³/mol. The molecule has 1 heterocycles. The predicted octanol–water partition coefficient (Wildman–Crippen LogP) is 2.93. The Morgan fingerprint density at radius 3 is 2.31 bits per heavy atom. The van der Waals surface area contributed by atoms with Gasteiger partial charge in [0.15, 0.2) is 11.4 Å². The molecule has 0 spiro atoms. The van der Waals surface area contributed by atoms with Gasteiger partial charge in [0, 0.05) is 5.92 Å². The van der Waals surface area contributed by atoms with Gasteiger partial charge in [-0.3, -0.25) is 0 Å². The summed E-state index contributed by atoms with van der Waals surface area (Å²) in [7, 11) is 4.43. The molecule has 1 atom stereocenters. The first-order valence-electron chi connectivity index (χ1n) is 12.7. The van der Waals surface area contributed by atoms with E-state index >= 15 is 0 Å². The molecule has 0 aliphatic heterocycles. The number of aromatic nitrogens is 1. The molecule has 2 aromatic carbocycles. The summed E-state index contributed by atoms with van der Waals surface area (Å²) in [6, 6.07) is 19.9. The highest BCUT2D eigenvalue weighted by Crippen LogP contribution is 2.43. The molecule has 190 valence electrons. The van der Waals surface area contributed by atoms with E-state index in [2.05, 4.69) is 19.1 Å². The Morgan fingerprint density at radius 2 is 1.63 bits per heavy atom. The number of halogens is 1. The van der Waals surface area contributed by atoms with Crippen molar-refractivity contribution in [3.63, 3.8) is 0 Å². The quantitative estimate of drug-likeness (QED) is 0.299. The van der Waals surface area contributed by atoms with E-state index in [0.29, 0.717) is 5.89 Å². The van der Waals surface area contributed by atoms with Gasteiger partial charge in [-0.25, -0.2) is 4.98 Å². The monoisotopic (exact) mass is 542 g/mol. The summed E-state index contributed by atoms with van der Waals surface area (Å²) in [6.07, 6.45) is 9.40. The van der Waals surface area contributed by atoms with Crippen LogP contribution in [-0.4, -0.2) is 41.8 Å². The van der Waals surface area contributed by atoms with Crippen LogP contribution in [0.5, 0.6) is 5.75 Å². The average Bonchev–Trinajstić information content (AvgIpc) is 3.33. The lowest BCUT2D eigenvalue weighted by molar-refractivity contribution is -0.904. The lowest BCUT2D eigenvalue weighted by Crippen LogP contribution is -3.00. The number of para-hydroxylation sites is 1. The summed E-state index contributed by atoms with van der Waals surface area (Å²) >= 11 is 0. The van der Waals surface area contributed by atoms with Gasteiger partial charge in [0.1, 0.15) is 12.3 Å². The fourth-order valence-electron chi connectivity index (χ4n) is 5.15. The highest BCUT2D eigenvalue weighted by atomic mass is 79.9. The van der Waals surface area contributed by atoms with Gasteiger partial charge >= 0.3 is 0 Å². The van der Waals surface area contributed by atoms with E-state index in [-0.39, 0.29) is 22.9 Å². The normalized spacial score (nSPS) is 16.3. The van der Waals surface area contributed by atoms with E-state index in [9.17, 15) is 5.11 Å². The van der Waals surface area contributed by atoms with E-state index in [0.717, 1.165) is 79.8 Å². The van der Waals surface area contributed by atoms with Crippen LogP contribution in [0.3, 0.4) is 0 Å². The van der Waals surface area contributed by atoms with Gasteiger partial charge in [-0.1, -0.05) is 67.8 Å². The molecule has 0 saturated heterocycles. The van der Waals surface area contributed by atoms with Crippen molar-refractivity contribution < 1.29 is 35.7 Å². The van der Waals surface area contributed by atoms with Gasteiger partial charge in [-0.2, -0.15) is 0 Å². The first kappa shape index (κ1) is 27.4. The second-order valence-corrected chi connectivity index (χ2v) is 10.3. The molecule has 1 saturated carbocycles. The van der Waals surface area contributed by atoms with Gasteiger partial charge in [-0.05, 0) is 43.4 Å². The molecule has 1 aliphatic carbocycles. The minimum absolute atomic E-state index is 0.